The molecule has 0 saturated carbocycles. The maximum Gasteiger partial charge on any atom is 0.137 e. The number of aryl methyl sites for hydroxylation is 2. The molecular formula is C14H15BrFNS. The van der Waals surface area contributed by atoms with E-state index >= 15 is 0 Å². The molecule has 0 radical (unpaired) electrons. The minimum absolute atomic E-state index is 0.220. The van der Waals surface area contributed by atoms with Crippen molar-refractivity contribution in [3.63, 3.8) is 0 Å². The lowest BCUT2D eigenvalue weighted by molar-refractivity contribution is 0.620. The summed E-state index contributed by atoms with van der Waals surface area (Å²) in [6.07, 6.45) is 1.08. The molecule has 4 heteroatoms. The summed E-state index contributed by atoms with van der Waals surface area (Å²) in [7, 11) is 0. The van der Waals surface area contributed by atoms with E-state index in [0.717, 1.165) is 24.2 Å². The van der Waals surface area contributed by atoms with Crippen molar-refractivity contribution in [2.24, 2.45) is 0 Å². The van der Waals surface area contributed by atoms with Gasteiger partial charge in [0, 0.05) is 22.0 Å². The molecule has 0 unspecified atom stereocenters. The Morgan fingerprint density at radius 3 is 2.67 bits per heavy atom. The van der Waals surface area contributed by atoms with E-state index in [1.807, 2.05) is 18.3 Å². The van der Waals surface area contributed by atoms with Gasteiger partial charge < -0.3 is 5.32 Å². The van der Waals surface area contributed by atoms with Crippen LogP contribution in [0.1, 0.15) is 22.2 Å². The van der Waals surface area contributed by atoms with Gasteiger partial charge in [-0.3, -0.25) is 0 Å². The Bertz CT molecular complexity index is 551. The van der Waals surface area contributed by atoms with Crippen LogP contribution in [0, 0.1) is 12.7 Å². The molecule has 0 spiro atoms. The first kappa shape index (κ1) is 13.6. The van der Waals surface area contributed by atoms with Gasteiger partial charge in [-0.1, -0.05) is 6.92 Å². The quantitative estimate of drug-likeness (QED) is 0.820. The zero-order valence-electron chi connectivity index (χ0n) is 10.4. The van der Waals surface area contributed by atoms with Crippen LogP contribution in [0.25, 0.3) is 0 Å². The number of nitrogens with one attached hydrogen (secondary N) is 1. The van der Waals surface area contributed by atoms with E-state index in [1.54, 1.807) is 6.07 Å². The summed E-state index contributed by atoms with van der Waals surface area (Å²) < 4.78 is 13.8. The molecular weight excluding hydrogens is 313 g/mol. The number of hydrogen-bond donors (Lipinski definition) is 1. The van der Waals surface area contributed by atoms with Gasteiger partial charge in [-0.2, -0.15) is 0 Å². The van der Waals surface area contributed by atoms with Gasteiger partial charge in [0.2, 0.25) is 0 Å². The second-order valence-corrected chi connectivity index (χ2v) is 6.26. The average Bonchev–Trinajstić information content (AvgIpc) is 2.80. The number of anilines is 1. The molecule has 0 fully saturated rings. The fraction of sp³-hybridized carbons (Fsp3) is 0.286. The van der Waals surface area contributed by atoms with Crippen molar-refractivity contribution in [2.45, 2.75) is 26.8 Å². The Kier molecular flexibility index (Phi) is 4.40. The predicted molar refractivity (Wildman–Crippen MR) is 79.9 cm³/mol. The van der Waals surface area contributed by atoms with Gasteiger partial charge in [0.1, 0.15) is 5.82 Å². The molecule has 2 rings (SSSR count). The number of hydrogen-bond acceptors (Lipinski definition) is 2. The lowest BCUT2D eigenvalue weighted by atomic mass is 10.2. The van der Waals surface area contributed by atoms with Gasteiger partial charge in [-0.15, -0.1) is 11.3 Å². The molecule has 0 amide bonds. The van der Waals surface area contributed by atoms with Crippen LogP contribution in [0.5, 0.6) is 0 Å². The lowest BCUT2D eigenvalue weighted by Crippen LogP contribution is -2.00. The van der Waals surface area contributed by atoms with Crippen molar-refractivity contribution in [1.29, 1.82) is 0 Å². The zero-order valence-corrected chi connectivity index (χ0v) is 12.8. The largest absolute Gasteiger partial charge is 0.380 e. The molecule has 2 aromatic rings. The van der Waals surface area contributed by atoms with E-state index in [1.165, 1.54) is 15.8 Å². The minimum atomic E-state index is -0.220. The smallest absolute Gasteiger partial charge is 0.137 e. The summed E-state index contributed by atoms with van der Waals surface area (Å²) in [5.41, 5.74) is 1.89. The maximum absolute atomic E-state index is 13.3. The van der Waals surface area contributed by atoms with Crippen molar-refractivity contribution in [3.8, 4) is 0 Å². The van der Waals surface area contributed by atoms with Crippen LogP contribution >= 0.6 is 27.3 Å². The van der Waals surface area contributed by atoms with Crippen LogP contribution in [-0.2, 0) is 13.0 Å². The van der Waals surface area contributed by atoms with Crippen LogP contribution in [0.3, 0.4) is 0 Å². The van der Waals surface area contributed by atoms with Crippen molar-refractivity contribution in [1.82, 2.24) is 0 Å². The third-order valence-corrected chi connectivity index (χ3v) is 4.62. The molecule has 1 aromatic carbocycles. The average molecular weight is 328 g/mol. The van der Waals surface area contributed by atoms with Gasteiger partial charge in [0.25, 0.3) is 0 Å². The predicted octanol–water partition coefficient (Wildman–Crippen LogP) is 5.13. The number of halogens is 2. The fourth-order valence-corrected chi connectivity index (χ4v) is 2.97. The molecule has 0 aliphatic rings. The van der Waals surface area contributed by atoms with Crippen molar-refractivity contribution < 1.29 is 4.39 Å². The van der Waals surface area contributed by atoms with Crippen LogP contribution in [-0.4, -0.2) is 0 Å². The molecule has 0 saturated heterocycles. The minimum Gasteiger partial charge on any atom is -0.380 e. The molecule has 96 valence electrons. The first-order valence-electron chi connectivity index (χ1n) is 5.87. The van der Waals surface area contributed by atoms with Gasteiger partial charge in [0.05, 0.1) is 4.47 Å². The van der Waals surface area contributed by atoms with Gasteiger partial charge in [0.15, 0.2) is 0 Å². The third-order valence-electron chi connectivity index (χ3n) is 2.79. The van der Waals surface area contributed by atoms with Crippen LogP contribution in [0.4, 0.5) is 10.1 Å². The highest BCUT2D eigenvalue weighted by molar-refractivity contribution is 9.10. The molecule has 1 heterocycles. The van der Waals surface area contributed by atoms with Gasteiger partial charge in [-0.05, 0) is 59.1 Å². The third kappa shape index (κ3) is 3.12. The van der Waals surface area contributed by atoms with E-state index in [9.17, 15) is 4.39 Å². The summed E-state index contributed by atoms with van der Waals surface area (Å²) >= 11 is 5.03. The molecule has 0 aliphatic carbocycles. The summed E-state index contributed by atoms with van der Waals surface area (Å²) in [5, 5.41) is 3.35. The molecule has 1 aromatic heterocycles. The highest BCUT2D eigenvalue weighted by Crippen LogP contribution is 2.25. The summed E-state index contributed by atoms with van der Waals surface area (Å²) in [6, 6.07) is 7.64. The topological polar surface area (TPSA) is 12.0 Å². The van der Waals surface area contributed by atoms with E-state index in [2.05, 4.69) is 40.3 Å². The van der Waals surface area contributed by atoms with Crippen LogP contribution in [0.2, 0.25) is 0 Å². The molecule has 1 nitrogen and oxygen atoms in total. The monoisotopic (exact) mass is 327 g/mol. The number of rotatable bonds is 4. The Morgan fingerprint density at radius 1 is 1.28 bits per heavy atom. The molecule has 0 aliphatic heterocycles. The molecule has 0 bridgehead atoms. The fourth-order valence-electron chi connectivity index (χ4n) is 1.73. The first-order valence-corrected chi connectivity index (χ1v) is 7.48. The Balaban J connectivity index is 2.08. The zero-order chi connectivity index (χ0) is 13.1. The van der Waals surface area contributed by atoms with Crippen molar-refractivity contribution in [2.75, 3.05) is 5.32 Å². The highest BCUT2D eigenvalue weighted by Gasteiger charge is 2.05. The normalized spacial score (nSPS) is 10.7. The Hall–Kier alpha value is -0.870. The second kappa shape index (κ2) is 5.85. The standard InChI is InChI=1S/C14H15BrFNS/c1-3-10-4-5-11(18-10)8-17-14-7-12(15)13(16)6-9(14)2/h4-7,17H,3,8H2,1-2H3. The molecule has 0 atom stereocenters. The summed E-state index contributed by atoms with van der Waals surface area (Å²) in [4.78, 5) is 2.69. The van der Waals surface area contributed by atoms with E-state index in [0.29, 0.717) is 4.47 Å². The SMILES string of the molecule is CCc1ccc(CNc2cc(Br)c(F)cc2C)s1. The molecule has 18 heavy (non-hydrogen) atoms. The summed E-state index contributed by atoms with van der Waals surface area (Å²) in [5.74, 6) is -0.220. The Morgan fingerprint density at radius 2 is 2.00 bits per heavy atom. The second-order valence-electron chi connectivity index (χ2n) is 4.16. The summed E-state index contributed by atoms with van der Waals surface area (Å²) in [6.45, 7) is 4.84. The first-order chi connectivity index (χ1) is 8.60. The Labute approximate surface area is 119 Å². The lowest BCUT2D eigenvalue weighted by Gasteiger charge is -2.09. The van der Waals surface area contributed by atoms with E-state index in [4.69, 9.17) is 0 Å². The highest BCUT2D eigenvalue weighted by atomic mass is 79.9. The van der Waals surface area contributed by atoms with Crippen molar-refractivity contribution in [3.05, 3.63) is 49.9 Å². The van der Waals surface area contributed by atoms with Crippen molar-refractivity contribution >= 4 is 33.0 Å². The van der Waals surface area contributed by atoms with Gasteiger partial charge >= 0.3 is 0 Å². The maximum atomic E-state index is 13.3. The van der Waals surface area contributed by atoms with Gasteiger partial charge in [-0.25, -0.2) is 4.39 Å². The molecule has 1 N–H and O–H groups in total. The number of thiophene rings is 1. The van der Waals surface area contributed by atoms with E-state index in [-0.39, 0.29) is 5.82 Å². The van der Waals surface area contributed by atoms with Crippen LogP contribution in [0.15, 0.2) is 28.7 Å². The van der Waals surface area contributed by atoms with Crippen LogP contribution < -0.4 is 5.32 Å². The number of benzene rings is 1. The van der Waals surface area contributed by atoms with E-state index < -0.39 is 0 Å².